The number of alkyl halides is 3. The maximum atomic E-state index is 12.3. The molecule has 0 saturated heterocycles. The normalized spacial score (nSPS) is 13.1. The van der Waals surface area contributed by atoms with Crippen LogP contribution in [0.1, 0.15) is 23.3 Å². The molecule has 0 fully saturated rings. The first-order chi connectivity index (χ1) is 13.3. The molecule has 0 saturated carbocycles. The van der Waals surface area contributed by atoms with Gasteiger partial charge in [0.05, 0.1) is 7.11 Å². The van der Waals surface area contributed by atoms with Gasteiger partial charge in [-0.15, -0.1) is 11.3 Å². The van der Waals surface area contributed by atoms with Crippen LogP contribution in [0.2, 0.25) is 0 Å². The van der Waals surface area contributed by atoms with E-state index in [4.69, 9.17) is 9.47 Å². The number of nitrogens with one attached hydrogen (secondary N) is 2. The Bertz CT molecular complexity index is 764. The lowest BCUT2D eigenvalue weighted by Crippen LogP contribution is -2.38. The minimum atomic E-state index is -4.40. The van der Waals surface area contributed by atoms with E-state index in [0.717, 1.165) is 12.1 Å². The van der Waals surface area contributed by atoms with Crippen molar-refractivity contribution >= 4 is 17.3 Å². The standard InChI is InChI=1S/C19H24F3N3O2S/c1-13(17-5-4-8-28-17)10-24-18(23-2)25-11-14-6-7-15(16(9-14)26-3)27-12-19(20,21)22/h4-9,13H,10-12H2,1-3H3,(H2,23,24,25). The molecule has 1 atom stereocenters. The summed E-state index contributed by atoms with van der Waals surface area (Å²) in [5.74, 6) is 1.29. The van der Waals surface area contributed by atoms with Gasteiger partial charge in [0.15, 0.2) is 24.1 Å². The number of rotatable bonds is 8. The van der Waals surface area contributed by atoms with E-state index in [9.17, 15) is 13.2 Å². The van der Waals surface area contributed by atoms with Crippen LogP contribution in [0, 0.1) is 0 Å². The Balaban J connectivity index is 1.89. The van der Waals surface area contributed by atoms with Crippen molar-refractivity contribution < 1.29 is 22.6 Å². The largest absolute Gasteiger partial charge is 0.493 e. The highest BCUT2D eigenvalue weighted by molar-refractivity contribution is 7.10. The highest BCUT2D eigenvalue weighted by Gasteiger charge is 2.29. The predicted octanol–water partition coefficient (Wildman–Crippen LogP) is 4.17. The second kappa shape index (κ2) is 10.2. The molecule has 0 amide bonds. The van der Waals surface area contributed by atoms with Crippen molar-refractivity contribution in [2.45, 2.75) is 25.6 Å². The van der Waals surface area contributed by atoms with Gasteiger partial charge >= 0.3 is 6.18 Å². The number of thiophene rings is 1. The van der Waals surface area contributed by atoms with Gasteiger partial charge in [0.2, 0.25) is 0 Å². The molecule has 1 heterocycles. The van der Waals surface area contributed by atoms with Crippen molar-refractivity contribution in [1.29, 1.82) is 0 Å². The van der Waals surface area contributed by atoms with Crippen LogP contribution < -0.4 is 20.1 Å². The van der Waals surface area contributed by atoms with Crippen LogP contribution in [-0.2, 0) is 6.54 Å². The van der Waals surface area contributed by atoms with Crippen molar-refractivity contribution in [1.82, 2.24) is 10.6 Å². The summed E-state index contributed by atoms with van der Waals surface area (Å²) < 4.78 is 46.9. The zero-order valence-electron chi connectivity index (χ0n) is 16.0. The molecule has 1 unspecified atom stereocenters. The Morgan fingerprint density at radius 1 is 1.21 bits per heavy atom. The third kappa shape index (κ3) is 6.95. The number of ether oxygens (including phenoxy) is 2. The maximum absolute atomic E-state index is 12.3. The second-order valence-corrected chi connectivity index (χ2v) is 7.09. The summed E-state index contributed by atoms with van der Waals surface area (Å²) in [7, 11) is 3.07. The third-order valence-electron chi connectivity index (χ3n) is 3.91. The summed E-state index contributed by atoms with van der Waals surface area (Å²) in [5.41, 5.74) is 0.825. The van der Waals surface area contributed by atoms with E-state index in [-0.39, 0.29) is 11.5 Å². The SMILES string of the molecule is CN=C(NCc1ccc(OCC(F)(F)F)c(OC)c1)NCC(C)c1cccs1. The monoisotopic (exact) mass is 415 g/mol. The minimum Gasteiger partial charge on any atom is -0.493 e. The Kier molecular flexibility index (Phi) is 7.98. The van der Waals surface area contributed by atoms with Gasteiger partial charge in [0, 0.05) is 30.9 Å². The second-order valence-electron chi connectivity index (χ2n) is 6.11. The van der Waals surface area contributed by atoms with Gasteiger partial charge in [0.25, 0.3) is 0 Å². The van der Waals surface area contributed by atoms with E-state index < -0.39 is 12.8 Å². The summed E-state index contributed by atoms with van der Waals surface area (Å²) >= 11 is 1.71. The van der Waals surface area contributed by atoms with Gasteiger partial charge in [-0.1, -0.05) is 19.1 Å². The van der Waals surface area contributed by atoms with Crippen molar-refractivity contribution in [2.24, 2.45) is 4.99 Å². The fourth-order valence-electron chi connectivity index (χ4n) is 2.43. The number of hydrogen-bond acceptors (Lipinski definition) is 4. The van der Waals surface area contributed by atoms with Crippen molar-refractivity contribution in [2.75, 3.05) is 27.3 Å². The van der Waals surface area contributed by atoms with Gasteiger partial charge in [-0.3, -0.25) is 4.99 Å². The van der Waals surface area contributed by atoms with Gasteiger partial charge in [-0.05, 0) is 29.1 Å². The highest BCUT2D eigenvalue weighted by Crippen LogP contribution is 2.29. The highest BCUT2D eigenvalue weighted by atomic mass is 32.1. The number of guanidine groups is 1. The first-order valence-electron chi connectivity index (χ1n) is 8.66. The summed E-state index contributed by atoms with van der Waals surface area (Å²) in [6.45, 7) is 1.94. The Hall–Kier alpha value is -2.42. The lowest BCUT2D eigenvalue weighted by atomic mass is 10.1. The fraction of sp³-hybridized carbons (Fsp3) is 0.421. The van der Waals surface area contributed by atoms with Crippen LogP contribution in [0.5, 0.6) is 11.5 Å². The topological polar surface area (TPSA) is 54.9 Å². The molecule has 28 heavy (non-hydrogen) atoms. The van der Waals surface area contributed by atoms with Gasteiger partial charge in [-0.25, -0.2) is 0 Å². The number of aliphatic imine (C=N–C) groups is 1. The molecule has 1 aromatic carbocycles. The van der Waals surface area contributed by atoms with Crippen molar-refractivity contribution in [3.05, 3.63) is 46.2 Å². The van der Waals surface area contributed by atoms with Gasteiger partial charge in [-0.2, -0.15) is 13.2 Å². The molecule has 0 aliphatic heterocycles. The van der Waals surface area contributed by atoms with Crippen LogP contribution in [-0.4, -0.2) is 39.4 Å². The third-order valence-corrected chi connectivity index (χ3v) is 5.01. The summed E-state index contributed by atoms with van der Waals surface area (Å²) in [6, 6.07) is 8.92. The fourth-order valence-corrected chi connectivity index (χ4v) is 3.22. The van der Waals surface area contributed by atoms with Crippen molar-refractivity contribution in [3.63, 3.8) is 0 Å². The minimum absolute atomic E-state index is 0.0517. The zero-order valence-corrected chi connectivity index (χ0v) is 16.8. The summed E-state index contributed by atoms with van der Waals surface area (Å²) in [4.78, 5) is 5.48. The number of nitrogens with zero attached hydrogens (tertiary/aromatic N) is 1. The quantitative estimate of drug-likeness (QED) is 0.502. The number of hydrogen-bond donors (Lipinski definition) is 2. The molecule has 154 valence electrons. The smallest absolute Gasteiger partial charge is 0.422 e. The predicted molar refractivity (Wildman–Crippen MR) is 105 cm³/mol. The molecule has 0 spiro atoms. The Labute approximate surface area is 166 Å². The van der Waals surface area contributed by atoms with E-state index in [1.54, 1.807) is 30.5 Å². The molecular formula is C19H24F3N3O2S. The average Bonchev–Trinajstić information content (AvgIpc) is 3.20. The van der Waals surface area contributed by atoms with Crippen LogP contribution >= 0.6 is 11.3 Å². The van der Waals surface area contributed by atoms with Crippen molar-refractivity contribution in [3.8, 4) is 11.5 Å². The summed E-state index contributed by atoms with van der Waals surface area (Å²) in [6.07, 6.45) is -4.40. The number of benzene rings is 1. The Morgan fingerprint density at radius 2 is 2.00 bits per heavy atom. The molecule has 2 aromatic rings. The van der Waals surface area contributed by atoms with Gasteiger partial charge in [0.1, 0.15) is 0 Å². The van der Waals surface area contributed by atoms with Crippen LogP contribution in [0.3, 0.4) is 0 Å². The molecule has 0 aliphatic carbocycles. The molecule has 2 rings (SSSR count). The zero-order chi connectivity index (χ0) is 20.6. The molecular weight excluding hydrogens is 391 g/mol. The molecule has 5 nitrogen and oxygen atoms in total. The van der Waals surface area contributed by atoms with E-state index in [1.807, 2.05) is 11.4 Å². The lowest BCUT2D eigenvalue weighted by Gasteiger charge is -2.16. The number of methoxy groups -OCH3 is 1. The van der Waals surface area contributed by atoms with Crippen LogP contribution in [0.25, 0.3) is 0 Å². The first-order valence-corrected chi connectivity index (χ1v) is 9.54. The van der Waals surface area contributed by atoms with Crippen LogP contribution in [0.15, 0.2) is 40.7 Å². The van der Waals surface area contributed by atoms with Crippen LogP contribution in [0.4, 0.5) is 13.2 Å². The maximum Gasteiger partial charge on any atom is 0.422 e. The average molecular weight is 415 g/mol. The van der Waals surface area contributed by atoms with E-state index >= 15 is 0 Å². The lowest BCUT2D eigenvalue weighted by molar-refractivity contribution is -0.153. The molecule has 1 aromatic heterocycles. The first kappa shape index (κ1) is 21.9. The van der Waals surface area contributed by atoms with E-state index in [1.165, 1.54) is 18.1 Å². The molecule has 9 heteroatoms. The van der Waals surface area contributed by atoms with E-state index in [0.29, 0.717) is 18.4 Å². The molecule has 0 bridgehead atoms. The Morgan fingerprint density at radius 3 is 2.61 bits per heavy atom. The molecule has 2 N–H and O–H groups in total. The van der Waals surface area contributed by atoms with Gasteiger partial charge < -0.3 is 20.1 Å². The summed E-state index contributed by atoms with van der Waals surface area (Å²) in [5, 5.41) is 8.50. The number of halogens is 3. The molecule has 0 aliphatic rings. The van der Waals surface area contributed by atoms with E-state index in [2.05, 4.69) is 28.6 Å². The molecule has 0 radical (unpaired) electrons.